The quantitative estimate of drug-likeness (QED) is 0.601. The Kier molecular flexibility index (Phi) is 6.32. The maximum atomic E-state index is 11.9. The largest absolute Gasteiger partial charge is 0.465 e. The fraction of sp³-hybridized carbons (Fsp3) is 0.200. The number of hydrogen-bond donors (Lipinski definition) is 0. The molecule has 0 N–H and O–H groups in total. The molecule has 4 heteroatoms. The van der Waals surface area contributed by atoms with E-state index in [-0.39, 0.29) is 12.1 Å². The zero-order chi connectivity index (χ0) is 17.4. The Morgan fingerprint density at radius 3 is 2.33 bits per heavy atom. The smallest absolute Gasteiger partial charge is 0.337 e. The summed E-state index contributed by atoms with van der Waals surface area (Å²) in [6.07, 6.45) is 3.51. The third-order valence-electron chi connectivity index (χ3n) is 3.43. The predicted molar refractivity (Wildman–Crippen MR) is 92.5 cm³/mol. The maximum Gasteiger partial charge on any atom is 0.337 e. The first kappa shape index (κ1) is 17.5. The number of benzene rings is 2. The van der Waals surface area contributed by atoms with Gasteiger partial charge in [-0.1, -0.05) is 42.5 Å². The summed E-state index contributed by atoms with van der Waals surface area (Å²) in [4.78, 5) is 23.2. The van der Waals surface area contributed by atoms with E-state index in [4.69, 9.17) is 4.74 Å². The Bertz CT molecular complexity index is 702. The summed E-state index contributed by atoms with van der Waals surface area (Å²) in [6.45, 7) is 1.86. The second kappa shape index (κ2) is 8.67. The monoisotopic (exact) mass is 324 g/mol. The van der Waals surface area contributed by atoms with Crippen molar-refractivity contribution in [2.75, 3.05) is 7.11 Å². The van der Waals surface area contributed by atoms with Gasteiger partial charge >= 0.3 is 11.9 Å². The van der Waals surface area contributed by atoms with E-state index >= 15 is 0 Å². The Hall–Kier alpha value is -2.88. The topological polar surface area (TPSA) is 52.6 Å². The summed E-state index contributed by atoms with van der Waals surface area (Å²) in [5.41, 5.74) is 2.39. The molecule has 0 heterocycles. The SMILES string of the molecule is COC(=O)c1ccc(C=CC(=O)OC(C)Cc2ccccc2)cc1. The molecule has 0 spiro atoms. The summed E-state index contributed by atoms with van der Waals surface area (Å²) in [7, 11) is 1.34. The molecule has 0 radical (unpaired) electrons. The Morgan fingerprint density at radius 1 is 1.04 bits per heavy atom. The summed E-state index contributed by atoms with van der Waals surface area (Å²) < 4.78 is 9.99. The van der Waals surface area contributed by atoms with Crippen molar-refractivity contribution in [3.63, 3.8) is 0 Å². The van der Waals surface area contributed by atoms with Crippen LogP contribution in [-0.4, -0.2) is 25.2 Å². The number of carbonyl (C=O) groups excluding carboxylic acids is 2. The number of carbonyl (C=O) groups is 2. The lowest BCUT2D eigenvalue weighted by atomic mass is 10.1. The molecule has 2 rings (SSSR count). The van der Waals surface area contributed by atoms with Gasteiger partial charge in [-0.05, 0) is 36.3 Å². The molecule has 2 aromatic carbocycles. The van der Waals surface area contributed by atoms with Gasteiger partial charge < -0.3 is 9.47 Å². The van der Waals surface area contributed by atoms with Crippen LogP contribution in [0.25, 0.3) is 6.08 Å². The summed E-state index contributed by atoms with van der Waals surface area (Å²) in [5.74, 6) is -0.782. The highest BCUT2D eigenvalue weighted by molar-refractivity contribution is 5.90. The first-order chi connectivity index (χ1) is 11.6. The van der Waals surface area contributed by atoms with Crippen molar-refractivity contribution in [3.8, 4) is 0 Å². The minimum Gasteiger partial charge on any atom is -0.465 e. The third-order valence-corrected chi connectivity index (χ3v) is 3.43. The first-order valence-electron chi connectivity index (χ1n) is 7.69. The van der Waals surface area contributed by atoms with Gasteiger partial charge in [-0.2, -0.15) is 0 Å². The number of ether oxygens (including phenoxy) is 2. The Balaban J connectivity index is 1.87. The fourth-order valence-corrected chi connectivity index (χ4v) is 2.24. The number of methoxy groups -OCH3 is 1. The van der Waals surface area contributed by atoms with Crippen LogP contribution >= 0.6 is 0 Å². The molecule has 0 saturated carbocycles. The van der Waals surface area contributed by atoms with Crippen LogP contribution in [0.2, 0.25) is 0 Å². The highest BCUT2D eigenvalue weighted by atomic mass is 16.5. The minimum absolute atomic E-state index is 0.203. The number of rotatable bonds is 6. The van der Waals surface area contributed by atoms with Crippen molar-refractivity contribution in [2.45, 2.75) is 19.4 Å². The van der Waals surface area contributed by atoms with Crippen LogP contribution < -0.4 is 0 Å². The van der Waals surface area contributed by atoms with Crippen LogP contribution in [0.5, 0.6) is 0 Å². The Labute approximate surface area is 141 Å². The molecule has 0 aliphatic rings. The van der Waals surface area contributed by atoms with Crippen LogP contribution in [-0.2, 0) is 20.7 Å². The number of esters is 2. The summed E-state index contributed by atoms with van der Waals surface area (Å²) >= 11 is 0. The molecule has 2 aromatic rings. The van der Waals surface area contributed by atoms with Crippen molar-refractivity contribution in [2.24, 2.45) is 0 Å². The predicted octanol–water partition coefficient (Wildman–Crippen LogP) is 3.66. The second-order valence-electron chi connectivity index (χ2n) is 5.38. The molecule has 0 amide bonds. The van der Waals surface area contributed by atoms with E-state index in [1.807, 2.05) is 37.3 Å². The maximum absolute atomic E-state index is 11.9. The highest BCUT2D eigenvalue weighted by Crippen LogP contribution is 2.09. The van der Waals surface area contributed by atoms with E-state index < -0.39 is 5.97 Å². The molecule has 0 saturated heterocycles. The van der Waals surface area contributed by atoms with E-state index in [1.165, 1.54) is 13.2 Å². The van der Waals surface area contributed by atoms with Crippen molar-refractivity contribution < 1.29 is 19.1 Å². The van der Waals surface area contributed by atoms with E-state index in [1.54, 1.807) is 30.3 Å². The van der Waals surface area contributed by atoms with Crippen LogP contribution in [0.4, 0.5) is 0 Å². The standard InChI is InChI=1S/C20H20O4/c1-15(14-17-6-4-3-5-7-17)24-19(21)13-10-16-8-11-18(12-9-16)20(22)23-2/h3-13,15H,14H2,1-2H3. The van der Waals surface area contributed by atoms with Gasteiger partial charge in [-0.15, -0.1) is 0 Å². The molecule has 0 aliphatic heterocycles. The fourth-order valence-electron chi connectivity index (χ4n) is 2.24. The zero-order valence-corrected chi connectivity index (χ0v) is 13.8. The molecular formula is C20H20O4. The lowest BCUT2D eigenvalue weighted by Gasteiger charge is -2.11. The molecule has 0 bridgehead atoms. The van der Waals surface area contributed by atoms with Gasteiger partial charge in [0, 0.05) is 12.5 Å². The van der Waals surface area contributed by atoms with Crippen LogP contribution in [0.3, 0.4) is 0 Å². The molecule has 0 aliphatic carbocycles. The average Bonchev–Trinajstić information content (AvgIpc) is 2.60. The van der Waals surface area contributed by atoms with Crippen molar-refractivity contribution >= 4 is 18.0 Å². The van der Waals surface area contributed by atoms with Gasteiger partial charge in [0.15, 0.2) is 0 Å². The zero-order valence-electron chi connectivity index (χ0n) is 13.8. The molecular weight excluding hydrogens is 304 g/mol. The van der Waals surface area contributed by atoms with Crippen LogP contribution in [0.1, 0.15) is 28.4 Å². The van der Waals surface area contributed by atoms with Gasteiger partial charge in [0.1, 0.15) is 6.10 Å². The van der Waals surface area contributed by atoms with Crippen LogP contribution in [0.15, 0.2) is 60.7 Å². The van der Waals surface area contributed by atoms with Crippen molar-refractivity contribution in [1.29, 1.82) is 0 Å². The van der Waals surface area contributed by atoms with E-state index in [9.17, 15) is 9.59 Å². The second-order valence-corrected chi connectivity index (χ2v) is 5.38. The lowest BCUT2D eigenvalue weighted by molar-refractivity contribution is -0.141. The molecule has 0 aromatic heterocycles. The van der Waals surface area contributed by atoms with E-state index in [0.29, 0.717) is 12.0 Å². The molecule has 1 unspecified atom stereocenters. The van der Waals surface area contributed by atoms with Crippen LogP contribution in [0, 0.1) is 0 Å². The molecule has 1 atom stereocenters. The normalized spacial score (nSPS) is 11.9. The third kappa shape index (κ3) is 5.39. The van der Waals surface area contributed by atoms with E-state index in [0.717, 1.165) is 11.1 Å². The average molecular weight is 324 g/mol. The molecule has 124 valence electrons. The van der Waals surface area contributed by atoms with Gasteiger partial charge in [0.2, 0.25) is 0 Å². The van der Waals surface area contributed by atoms with Gasteiger partial charge in [0.25, 0.3) is 0 Å². The highest BCUT2D eigenvalue weighted by Gasteiger charge is 2.08. The van der Waals surface area contributed by atoms with E-state index in [2.05, 4.69) is 4.74 Å². The van der Waals surface area contributed by atoms with Gasteiger partial charge in [-0.3, -0.25) is 0 Å². The first-order valence-corrected chi connectivity index (χ1v) is 7.69. The van der Waals surface area contributed by atoms with Crippen molar-refractivity contribution in [1.82, 2.24) is 0 Å². The molecule has 24 heavy (non-hydrogen) atoms. The Morgan fingerprint density at radius 2 is 1.71 bits per heavy atom. The molecule has 4 nitrogen and oxygen atoms in total. The number of hydrogen-bond acceptors (Lipinski definition) is 4. The summed E-state index contributed by atoms with van der Waals surface area (Å²) in [5, 5.41) is 0. The van der Waals surface area contributed by atoms with Gasteiger partial charge in [0.05, 0.1) is 12.7 Å². The summed E-state index contributed by atoms with van der Waals surface area (Å²) in [6, 6.07) is 16.7. The molecule has 0 fully saturated rings. The lowest BCUT2D eigenvalue weighted by Crippen LogP contribution is -2.15. The van der Waals surface area contributed by atoms with Gasteiger partial charge in [-0.25, -0.2) is 9.59 Å². The van der Waals surface area contributed by atoms with Crippen molar-refractivity contribution in [3.05, 3.63) is 77.4 Å². The minimum atomic E-state index is -0.393.